The van der Waals surface area contributed by atoms with E-state index >= 15 is 0 Å². The topological polar surface area (TPSA) is 55.8 Å². The maximum absolute atomic E-state index is 13.6. The Morgan fingerprint density at radius 3 is 1.96 bits per heavy atom. The highest BCUT2D eigenvalue weighted by molar-refractivity contribution is 6.01. The molecule has 0 aliphatic carbocycles. The Kier molecular flexibility index (Phi) is 6.78. The molecule has 0 bridgehead atoms. The van der Waals surface area contributed by atoms with Crippen molar-refractivity contribution >= 4 is 11.9 Å². The van der Waals surface area contributed by atoms with E-state index in [1.807, 2.05) is 0 Å². The van der Waals surface area contributed by atoms with E-state index in [9.17, 15) is 31.5 Å². The van der Waals surface area contributed by atoms with Crippen molar-refractivity contribution in [3.05, 3.63) is 22.4 Å². The SMILES string of the molecule is COC(=O)C1=C(C(F)F)N(C)C(C(F)(F)F)C(C(=O)OC)=C1CC(C)C. The monoisotopic (exact) mass is 385 g/mol. The molecule has 0 saturated carbocycles. The van der Waals surface area contributed by atoms with Crippen LogP contribution in [-0.4, -0.2) is 56.7 Å². The zero-order valence-electron chi connectivity index (χ0n) is 14.9. The van der Waals surface area contributed by atoms with Crippen LogP contribution in [0.2, 0.25) is 0 Å². The molecule has 148 valence electrons. The minimum absolute atomic E-state index is 0.188. The molecular weight excluding hydrogens is 365 g/mol. The summed E-state index contributed by atoms with van der Waals surface area (Å²) >= 11 is 0. The van der Waals surface area contributed by atoms with E-state index in [0.29, 0.717) is 0 Å². The first-order valence-corrected chi connectivity index (χ1v) is 7.60. The van der Waals surface area contributed by atoms with Gasteiger partial charge in [-0.1, -0.05) is 13.8 Å². The number of carbonyl (C=O) groups is 2. The molecule has 0 N–H and O–H groups in total. The van der Waals surface area contributed by atoms with Gasteiger partial charge in [-0.05, 0) is 17.9 Å². The van der Waals surface area contributed by atoms with Crippen molar-refractivity contribution in [1.82, 2.24) is 4.90 Å². The van der Waals surface area contributed by atoms with E-state index in [2.05, 4.69) is 9.47 Å². The highest BCUT2D eigenvalue weighted by Crippen LogP contribution is 2.43. The number of carbonyl (C=O) groups excluding carboxylic acids is 2. The number of likely N-dealkylation sites (N-methyl/N-ethyl adjacent to an activating group) is 1. The van der Waals surface area contributed by atoms with Gasteiger partial charge in [-0.2, -0.15) is 13.2 Å². The van der Waals surface area contributed by atoms with E-state index in [-0.39, 0.29) is 17.2 Å². The van der Waals surface area contributed by atoms with Crippen molar-refractivity contribution in [2.45, 2.75) is 38.9 Å². The molecule has 0 spiro atoms. The fraction of sp³-hybridized carbons (Fsp3) is 0.625. The molecule has 10 heteroatoms. The Balaban J connectivity index is 3.96. The molecule has 1 rings (SSSR count). The second kappa shape index (κ2) is 8.05. The number of methoxy groups -OCH3 is 2. The summed E-state index contributed by atoms with van der Waals surface area (Å²) in [7, 11) is 2.54. The molecule has 0 saturated heterocycles. The smallest absolute Gasteiger partial charge is 0.413 e. The van der Waals surface area contributed by atoms with Crippen LogP contribution in [0.25, 0.3) is 0 Å². The van der Waals surface area contributed by atoms with Crippen molar-refractivity contribution < 1.29 is 41.0 Å². The van der Waals surface area contributed by atoms with Gasteiger partial charge >= 0.3 is 18.1 Å². The van der Waals surface area contributed by atoms with Gasteiger partial charge in [-0.15, -0.1) is 0 Å². The summed E-state index contributed by atoms with van der Waals surface area (Å²) in [4.78, 5) is 24.4. The normalized spacial score (nSPS) is 18.8. The van der Waals surface area contributed by atoms with Crippen molar-refractivity contribution in [3.8, 4) is 0 Å². The minimum atomic E-state index is -5.05. The second-order valence-corrected chi connectivity index (χ2v) is 6.09. The third-order valence-corrected chi connectivity index (χ3v) is 3.85. The number of hydrogen-bond acceptors (Lipinski definition) is 5. The van der Waals surface area contributed by atoms with Crippen molar-refractivity contribution in [3.63, 3.8) is 0 Å². The zero-order chi connectivity index (χ0) is 20.4. The number of allylic oxidation sites excluding steroid dienone is 1. The number of ether oxygens (including phenoxy) is 2. The lowest BCUT2D eigenvalue weighted by Gasteiger charge is -2.40. The standard InChI is InChI=1S/C16H20F5NO4/c1-7(2)6-8-9(14(23)25-4)11(13(17)18)22(3)12(16(19,20)21)10(8)15(24)26-5/h7,12-13H,6H2,1-5H3. The Bertz CT molecular complexity index is 637. The van der Waals surface area contributed by atoms with Crippen LogP contribution in [0.3, 0.4) is 0 Å². The molecule has 0 radical (unpaired) electrons. The van der Waals surface area contributed by atoms with Gasteiger partial charge < -0.3 is 14.4 Å². The first kappa shape index (κ1) is 21.9. The molecule has 1 heterocycles. The Morgan fingerprint density at radius 1 is 1.12 bits per heavy atom. The van der Waals surface area contributed by atoms with Crippen LogP contribution in [0, 0.1) is 5.92 Å². The lowest BCUT2D eigenvalue weighted by atomic mass is 9.83. The van der Waals surface area contributed by atoms with Crippen LogP contribution in [0.4, 0.5) is 22.0 Å². The maximum Gasteiger partial charge on any atom is 0.413 e. The molecule has 0 aromatic rings. The van der Waals surface area contributed by atoms with Gasteiger partial charge in [0.15, 0.2) is 6.04 Å². The first-order valence-electron chi connectivity index (χ1n) is 7.60. The molecule has 1 aliphatic heterocycles. The Morgan fingerprint density at radius 2 is 1.62 bits per heavy atom. The fourth-order valence-electron chi connectivity index (χ4n) is 2.90. The highest BCUT2D eigenvalue weighted by Gasteiger charge is 2.54. The quantitative estimate of drug-likeness (QED) is 0.538. The van der Waals surface area contributed by atoms with Crippen LogP contribution in [0.15, 0.2) is 22.4 Å². The summed E-state index contributed by atoms with van der Waals surface area (Å²) in [5.41, 5.74) is -3.20. The minimum Gasteiger partial charge on any atom is -0.466 e. The van der Waals surface area contributed by atoms with E-state index in [1.165, 1.54) is 0 Å². The summed E-state index contributed by atoms with van der Waals surface area (Å²) in [6.45, 7) is 3.22. The summed E-state index contributed by atoms with van der Waals surface area (Å²) < 4.78 is 77.0. The average Bonchev–Trinajstić information content (AvgIpc) is 2.51. The highest BCUT2D eigenvalue weighted by atomic mass is 19.4. The number of halogens is 5. The van der Waals surface area contributed by atoms with Crippen LogP contribution in [0.5, 0.6) is 0 Å². The van der Waals surface area contributed by atoms with Gasteiger partial charge in [0, 0.05) is 7.05 Å². The van der Waals surface area contributed by atoms with Crippen molar-refractivity contribution in [1.29, 1.82) is 0 Å². The van der Waals surface area contributed by atoms with Crippen molar-refractivity contribution in [2.24, 2.45) is 5.92 Å². The maximum atomic E-state index is 13.6. The van der Waals surface area contributed by atoms with Crippen molar-refractivity contribution in [2.75, 3.05) is 21.3 Å². The van der Waals surface area contributed by atoms with E-state index < -0.39 is 53.0 Å². The molecule has 1 unspecified atom stereocenters. The lowest BCUT2D eigenvalue weighted by Crippen LogP contribution is -2.51. The molecule has 0 aromatic heterocycles. The predicted molar refractivity (Wildman–Crippen MR) is 81.1 cm³/mol. The zero-order valence-corrected chi connectivity index (χ0v) is 14.9. The van der Waals surface area contributed by atoms with E-state index in [0.717, 1.165) is 21.3 Å². The molecule has 1 aliphatic rings. The molecule has 26 heavy (non-hydrogen) atoms. The van der Waals surface area contributed by atoms with Crippen LogP contribution >= 0.6 is 0 Å². The van der Waals surface area contributed by atoms with Gasteiger partial charge in [-0.3, -0.25) is 0 Å². The van der Waals surface area contributed by atoms with Gasteiger partial charge in [0.05, 0.1) is 31.1 Å². The average molecular weight is 385 g/mol. The van der Waals surface area contributed by atoms with Gasteiger partial charge in [0.2, 0.25) is 0 Å². The molecule has 0 aromatic carbocycles. The third kappa shape index (κ3) is 4.16. The molecular formula is C16H20F5NO4. The van der Waals surface area contributed by atoms with Crippen LogP contribution in [-0.2, 0) is 19.1 Å². The summed E-state index contributed by atoms with van der Waals surface area (Å²) in [6, 6.07) is -2.67. The number of hydrogen-bond donors (Lipinski definition) is 0. The van der Waals surface area contributed by atoms with Gasteiger partial charge in [-0.25, -0.2) is 18.4 Å². The first-order chi connectivity index (χ1) is 11.9. The van der Waals surface area contributed by atoms with Crippen LogP contribution in [0.1, 0.15) is 20.3 Å². The number of esters is 2. The largest absolute Gasteiger partial charge is 0.466 e. The lowest BCUT2D eigenvalue weighted by molar-refractivity contribution is -0.174. The fourth-order valence-corrected chi connectivity index (χ4v) is 2.90. The third-order valence-electron chi connectivity index (χ3n) is 3.85. The van der Waals surface area contributed by atoms with E-state index in [4.69, 9.17) is 0 Å². The number of nitrogens with zero attached hydrogens (tertiary/aromatic N) is 1. The predicted octanol–water partition coefficient (Wildman–Crippen LogP) is 3.07. The molecule has 0 amide bonds. The Labute approximate surface area is 147 Å². The van der Waals surface area contributed by atoms with Gasteiger partial charge in [0.1, 0.15) is 0 Å². The summed E-state index contributed by atoms with van der Waals surface area (Å²) in [6.07, 6.45) is -8.66. The second-order valence-electron chi connectivity index (χ2n) is 6.09. The molecule has 5 nitrogen and oxygen atoms in total. The summed E-state index contributed by atoms with van der Waals surface area (Å²) in [5.74, 6) is -2.92. The van der Waals surface area contributed by atoms with Gasteiger partial charge in [0.25, 0.3) is 6.43 Å². The number of rotatable bonds is 5. The molecule has 0 fully saturated rings. The van der Waals surface area contributed by atoms with E-state index in [1.54, 1.807) is 13.8 Å². The number of alkyl halides is 5. The molecule has 1 atom stereocenters. The van der Waals surface area contributed by atoms with Crippen LogP contribution < -0.4 is 0 Å². The summed E-state index contributed by atoms with van der Waals surface area (Å²) in [5, 5.41) is 0. The Hall–Kier alpha value is -2.13.